The molecule has 0 unspecified atom stereocenters. The van der Waals surface area contributed by atoms with Gasteiger partial charge < -0.3 is 10.2 Å². The number of piperazine rings is 1. The molecular formula is C9H17N5. The number of hydrogen-bond acceptors (Lipinski definition) is 4. The van der Waals surface area contributed by atoms with E-state index in [1.807, 2.05) is 4.68 Å². The molecule has 1 aliphatic rings. The summed E-state index contributed by atoms with van der Waals surface area (Å²) in [7, 11) is 0. The topological polar surface area (TPSA) is 46.0 Å². The molecule has 2 rings (SSSR count). The third-order valence-electron chi connectivity index (χ3n) is 2.44. The third-order valence-corrected chi connectivity index (χ3v) is 2.44. The zero-order valence-electron chi connectivity index (χ0n) is 8.77. The molecule has 1 fully saturated rings. The Labute approximate surface area is 84.1 Å². The van der Waals surface area contributed by atoms with Crippen molar-refractivity contribution in [2.24, 2.45) is 0 Å². The van der Waals surface area contributed by atoms with Crippen molar-refractivity contribution >= 4 is 5.95 Å². The quantitative estimate of drug-likeness (QED) is 0.735. The maximum absolute atomic E-state index is 4.31. The Bertz CT molecular complexity index is 287. The van der Waals surface area contributed by atoms with Crippen molar-refractivity contribution in [1.82, 2.24) is 20.1 Å². The van der Waals surface area contributed by atoms with Gasteiger partial charge in [-0.15, -0.1) is 0 Å². The van der Waals surface area contributed by atoms with Crippen LogP contribution in [0, 0.1) is 0 Å². The standard InChI is InChI=1S/C9H17N5/c1-8(2)14-9(11-7-12-14)13-5-3-10-4-6-13/h7-8,10H,3-6H2,1-2H3. The molecule has 78 valence electrons. The molecule has 0 bridgehead atoms. The van der Waals surface area contributed by atoms with Gasteiger partial charge in [-0.05, 0) is 13.8 Å². The second-order valence-electron chi connectivity index (χ2n) is 3.84. The number of anilines is 1. The number of hydrogen-bond donors (Lipinski definition) is 1. The Kier molecular flexibility index (Phi) is 2.67. The predicted octanol–water partition coefficient (Wildman–Crippen LogP) is 0.269. The molecule has 5 heteroatoms. The van der Waals surface area contributed by atoms with Crippen LogP contribution >= 0.6 is 0 Å². The van der Waals surface area contributed by atoms with Crippen molar-refractivity contribution in [2.75, 3.05) is 31.1 Å². The molecule has 1 aliphatic heterocycles. The third kappa shape index (κ3) is 1.72. The second kappa shape index (κ2) is 3.96. The minimum atomic E-state index is 0.377. The maximum atomic E-state index is 4.31. The van der Waals surface area contributed by atoms with E-state index in [0.717, 1.165) is 32.1 Å². The molecule has 0 atom stereocenters. The van der Waals surface area contributed by atoms with E-state index in [2.05, 4.69) is 34.1 Å². The van der Waals surface area contributed by atoms with E-state index in [1.54, 1.807) is 6.33 Å². The molecule has 0 aliphatic carbocycles. The molecule has 1 saturated heterocycles. The van der Waals surface area contributed by atoms with Crippen LogP contribution in [-0.4, -0.2) is 40.9 Å². The van der Waals surface area contributed by atoms with Gasteiger partial charge in [-0.2, -0.15) is 10.1 Å². The van der Waals surface area contributed by atoms with E-state index >= 15 is 0 Å². The fourth-order valence-electron chi connectivity index (χ4n) is 1.70. The van der Waals surface area contributed by atoms with Gasteiger partial charge in [0.25, 0.3) is 0 Å². The largest absolute Gasteiger partial charge is 0.338 e. The Balaban J connectivity index is 2.17. The number of nitrogens with zero attached hydrogens (tertiary/aromatic N) is 4. The first-order valence-corrected chi connectivity index (χ1v) is 5.14. The monoisotopic (exact) mass is 195 g/mol. The maximum Gasteiger partial charge on any atom is 0.224 e. The SMILES string of the molecule is CC(C)n1ncnc1N1CCNCC1. The fraction of sp³-hybridized carbons (Fsp3) is 0.778. The summed E-state index contributed by atoms with van der Waals surface area (Å²) in [4.78, 5) is 6.59. The number of rotatable bonds is 2. The zero-order valence-corrected chi connectivity index (χ0v) is 8.77. The van der Waals surface area contributed by atoms with Crippen LogP contribution in [0.25, 0.3) is 0 Å². The van der Waals surface area contributed by atoms with Crippen molar-refractivity contribution in [3.63, 3.8) is 0 Å². The second-order valence-corrected chi connectivity index (χ2v) is 3.84. The lowest BCUT2D eigenvalue weighted by Crippen LogP contribution is -2.44. The highest BCUT2D eigenvalue weighted by Gasteiger charge is 2.17. The normalized spacial score (nSPS) is 17.8. The molecule has 0 spiro atoms. The van der Waals surface area contributed by atoms with Gasteiger partial charge in [0, 0.05) is 26.2 Å². The molecule has 2 heterocycles. The highest BCUT2D eigenvalue weighted by atomic mass is 15.4. The molecule has 14 heavy (non-hydrogen) atoms. The summed E-state index contributed by atoms with van der Waals surface area (Å²) >= 11 is 0. The molecule has 0 radical (unpaired) electrons. The van der Waals surface area contributed by atoms with Gasteiger partial charge >= 0.3 is 0 Å². The lowest BCUT2D eigenvalue weighted by Gasteiger charge is -2.28. The van der Waals surface area contributed by atoms with Gasteiger partial charge in [0.05, 0.1) is 6.04 Å². The zero-order chi connectivity index (χ0) is 9.97. The van der Waals surface area contributed by atoms with Crippen LogP contribution < -0.4 is 10.2 Å². The van der Waals surface area contributed by atoms with Crippen LogP contribution in [0.5, 0.6) is 0 Å². The van der Waals surface area contributed by atoms with Crippen LogP contribution in [-0.2, 0) is 0 Å². The van der Waals surface area contributed by atoms with Gasteiger partial charge in [-0.1, -0.05) is 0 Å². The van der Waals surface area contributed by atoms with Gasteiger partial charge in [0.15, 0.2) is 0 Å². The molecule has 5 nitrogen and oxygen atoms in total. The summed E-state index contributed by atoms with van der Waals surface area (Å²) in [6, 6.07) is 0.377. The first-order chi connectivity index (χ1) is 6.79. The summed E-state index contributed by atoms with van der Waals surface area (Å²) in [6.45, 7) is 8.35. The summed E-state index contributed by atoms with van der Waals surface area (Å²) in [5, 5.41) is 7.56. The highest BCUT2D eigenvalue weighted by Crippen LogP contribution is 2.15. The Morgan fingerprint density at radius 3 is 2.71 bits per heavy atom. The Morgan fingerprint density at radius 1 is 1.36 bits per heavy atom. The van der Waals surface area contributed by atoms with E-state index in [4.69, 9.17) is 0 Å². The van der Waals surface area contributed by atoms with Crippen molar-refractivity contribution in [3.05, 3.63) is 6.33 Å². The van der Waals surface area contributed by atoms with Crippen LogP contribution in [0.2, 0.25) is 0 Å². The molecule has 1 aromatic heterocycles. The fourth-order valence-corrected chi connectivity index (χ4v) is 1.70. The summed E-state index contributed by atoms with van der Waals surface area (Å²) < 4.78 is 1.98. The number of nitrogens with one attached hydrogen (secondary N) is 1. The smallest absolute Gasteiger partial charge is 0.224 e. The van der Waals surface area contributed by atoms with Crippen LogP contribution in [0.4, 0.5) is 5.95 Å². The Morgan fingerprint density at radius 2 is 2.07 bits per heavy atom. The molecule has 0 saturated carbocycles. The summed E-state index contributed by atoms with van der Waals surface area (Å²) in [5.41, 5.74) is 0. The lowest BCUT2D eigenvalue weighted by molar-refractivity contribution is 0.504. The molecule has 0 amide bonds. The van der Waals surface area contributed by atoms with E-state index in [1.165, 1.54) is 0 Å². The number of aromatic nitrogens is 3. The minimum absolute atomic E-state index is 0.377. The first-order valence-electron chi connectivity index (χ1n) is 5.14. The van der Waals surface area contributed by atoms with E-state index in [-0.39, 0.29) is 0 Å². The Hall–Kier alpha value is -1.10. The molecule has 1 aromatic rings. The van der Waals surface area contributed by atoms with Crippen molar-refractivity contribution < 1.29 is 0 Å². The van der Waals surface area contributed by atoms with Crippen LogP contribution in [0.15, 0.2) is 6.33 Å². The van der Waals surface area contributed by atoms with Gasteiger partial charge in [-0.25, -0.2) is 4.68 Å². The van der Waals surface area contributed by atoms with Crippen molar-refractivity contribution in [1.29, 1.82) is 0 Å². The van der Waals surface area contributed by atoms with Gasteiger partial charge in [-0.3, -0.25) is 0 Å². The minimum Gasteiger partial charge on any atom is -0.338 e. The molecule has 1 N–H and O–H groups in total. The predicted molar refractivity (Wildman–Crippen MR) is 55.5 cm³/mol. The summed E-state index contributed by atoms with van der Waals surface area (Å²) in [5.74, 6) is 1.00. The average Bonchev–Trinajstić information content (AvgIpc) is 2.67. The molecular weight excluding hydrogens is 178 g/mol. The summed E-state index contributed by atoms with van der Waals surface area (Å²) in [6.07, 6.45) is 1.64. The lowest BCUT2D eigenvalue weighted by atomic mass is 10.4. The van der Waals surface area contributed by atoms with Gasteiger partial charge in [0.2, 0.25) is 5.95 Å². The highest BCUT2D eigenvalue weighted by molar-refractivity contribution is 5.30. The van der Waals surface area contributed by atoms with Crippen LogP contribution in [0.3, 0.4) is 0 Å². The molecule has 0 aromatic carbocycles. The van der Waals surface area contributed by atoms with Gasteiger partial charge in [0.1, 0.15) is 6.33 Å². The van der Waals surface area contributed by atoms with Crippen molar-refractivity contribution in [3.8, 4) is 0 Å². The van der Waals surface area contributed by atoms with E-state index in [9.17, 15) is 0 Å². The van der Waals surface area contributed by atoms with Crippen LogP contribution in [0.1, 0.15) is 19.9 Å². The average molecular weight is 195 g/mol. The van der Waals surface area contributed by atoms with E-state index in [0.29, 0.717) is 6.04 Å². The van der Waals surface area contributed by atoms with Crippen molar-refractivity contribution in [2.45, 2.75) is 19.9 Å². The van der Waals surface area contributed by atoms with E-state index < -0.39 is 0 Å². The first kappa shape index (κ1) is 9.45.